The van der Waals surface area contributed by atoms with Crippen molar-refractivity contribution in [2.75, 3.05) is 18.1 Å². The van der Waals surface area contributed by atoms with Gasteiger partial charge in [0.05, 0.1) is 11.0 Å². The highest BCUT2D eigenvalue weighted by Gasteiger charge is 2.06. The summed E-state index contributed by atoms with van der Waals surface area (Å²) in [5, 5.41) is 4.11. The van der Waals surface area contributed by atoms with E-state index in [1.807, 2.05) is 30.5 Å². The molecule has 0 fully saturated rings. The summed E-state index contributed by atoms with van der Waals surface area (Å²) < 4.78 is 0. The van der Waals surface area contributed by atoms with Crippen LogP contribution in [0.4, 0.5) is 5.82 Å². The minimum atomic E-state index is 0.695. The molecule has 82 valence electrons. The molecule has 1 heterocycles. The Morgan fingerprint density at radius 1 is 1.31 bits per heavy atom. The topological polar surface area (TPSA) is 37.8 Å². The fourth-order valence-corrected chi connectivity index (χ4v) is 1.91. The van der Waals surface area contributed by atoms with Gasteiger partial charge < -0.3 is 5.32 Å². The lowest BCUT2D eigenvalue weighted by Gasteiger charge is -2.08. The number of thioether (sulfide) groups is 1. The number of hydrogen-bond acceptors (Lipinski definition) is 4. The van der Waals surface area contributed by atoms with Gasteiger partial charge in [0.2, 0.25) is 0 Å². The highest BCUT2D eigenvalue weighted by Crippen LogP contribution is 2.23. The number of anilines is 1. The number of benzene rings is 1. The Kier molecular flexibility index (Phi) is 3.41. The molecule has 0 saturated carbocycles. The average Bonchev–Trinajstić information content (AvgIpc) is 2.35. The number of nitrogens with one attached hydrogen (secondary N) is 1. The average molecular weight is 231 g/mol. The maximum absolute atomic E-state index is 4.55. The van der Waals surface area contributed by atoms with E-state index < -0.39 is 0 Å². The van der Waals surface area contributed by atoms with Gasteiger partial charge in [0.15, 0.2) is 5.82 Å². The highest BCUT2D eigenvalue weighted by molar-refractivity contribution is 7.98. The second kappa shape index (κ2) is 4.99. The number of para-hydroxylation sites is 2. The van der Waals surface area contributed by atoms with Crippen LogP contribution in [0.1, 0.15) is 0 Å². The Labute approximate surface area is 99.0 Å². The number of hydrogen-bond donors (Lipinski definition) is 1. The minimum Gasteiger partial charge on any atom is -0.364 e. The zero-order valence-corrected chi connectivity index (χ0v) is 9.92. The first-order chi connectivity index (χ1) is 7.85. The number of aromatic nitrogens is 2. The minimum absolute atomic E-state index is 0.695. The van der Waals surface area contributed by atoms with Crippen molar-refractivity contribution < 1.29 is 0 Å². The maximum Gasteiger partial charge on any atom is 0.159 e. The second-order valence-corrected chi connectivity index (χ2v) is 4.03. The van der Waals surface area contributed by atoms with Crippen molar-refractivity contribution in [2.24, 2.45) is 0 Å². The molecule has 16 heavy (non-hydrogen) atoms. The lowest BCUT2D eigenvalue weighted by Crippen LogP contribution is -2.03. The maximum atomic E-state index is 4.55. The first-order valence-electron chi connectivity index (χ1n) is 5.00. The van der Waals surface area contributed by atoms with E-state index in [2.05, 4.69) is 21.9 Å². The molecule has 0 aliphatic carbocycles. The van der Waals surface area contributed by atoms with Crippen molar-refractivity contribution in [3.8, 4) is 0 Å². The van der Waals surface area contributed by atoms with E-state index in [0.29, 0.717) is 6.54 Å². The van der Waals surface area contributed by atoms with Gasteiger partial charge in [-0.05, 0) is 18.4 Å². The number of nitrogens with zero attached hydrogens (tertiary/aromatic N) is 2. The molecule has 3 nitrogen and oxygen atoms in total. The van der Waals surface area contributed by atoms with Gasteiger partial charge in [-0.2, -0.15) is 0 Å². The third kappa shape index (κ3) is 2.17. The van der Waals surface area contributed by atoms with Crippen molar-refractivity contribution in [1.29, 1.82) is 0 Å². The first-order valence-corrected chi connectivity index (χ1v) is 6.23. The molecule has 2 aromatic rings. The van der Waals surface area contributed by atoms with Gasteiger partial charge >= 0.3 is 0 Å². The Morgan fingerprint density at radius 3 is 2.62 bits per heavy atom. The summed E-state index contributed by atoms with van der Waals surface area (Å²) in [6.07, 6.45) is 3.80. The molecule has 0 aliphatic heterocycles. The summed E-state index contributed by atoms with van der Waals surface area (Å²) in [5.41, 5.74) is 1.84. The molecule has 4 heteroatoms. The van der Waals surface area contributed by atoms with Gasteiger partial charge in [-0.3, -0.25) is 0 Å². The molecular weight excluding hydrogens is 218 g/mol. The van der Waals surface area contributed by atoms with Gasteiger partial charge in [-0.1, -0.05) is 18.2 Å². The largest absolute Gasteiger partial charge is 0.364 e. The molecule has 1 aromatic carbocycles. The lowest BCUT2D eigenvalue weighted by molar-refractivity contribution is 1.10. The van der Waals surface area contributed by atoms with Gasteiger partial charge in [0, 0.05) is 6.54 Å². The molecule has 0 aliphatic rings. The first kappa shape index (κ1) is 11.0. The molecule has 0 amide bonds. The van der Waals surface area contributed by atoms with Gasteiger partial charge in [-0.25, -0.2) is 9.97 Å². The Morgan fingerprint density at radius 2 is 2.00 bits per heavy atom. The van der Waals surface area contributed by atoms with E-state index in [9.17, 15) is 0 Å². The molecule has 0 unspecified atom stereocenters. The number of fused-ring (bicyclic) bond motifs is 1. The van der Waals surface area contributed by atoms with Crippen molar-refractivity contribution >= 4 is 28.6 Å². The summed E-state index contributed by atoms with van der Waals surface area (Å²) in [7, 11) is 0. The summed E-state index contributed by atoms with van der Waals surface area (Å²) in [4.78, 5) is 9.09. The predicted octanol–water partition coefficient (Wildman–Crippen LogP) is 2.95. The van der Waals surface area contributed by atoms with Gasteiger partial charge in [-0.15, -0.1) is 18.3 Å². The van der Waals surface area contributed by atoms with Crippen LogP contribution in [0.25, 0.3) is 11.0 Å². The van der Waals surface area contributed by atoms with E-state index >= 15 is 0 Å². The third-order valence-electron chi connectivity index (χ3n) is 2.15. The fraction of sp³-hybridized carbons (Fsp3) is 0.167. The Bertz CT molecular complexity index is 511. The van der Waals surface area contributed by atoms with Crippen LogP contribution in [-0.4, -0.2) is 22.8 Å². The van der Waals surface area contributed by atoms with E-state index in [1.165, 1.54) is 0 Å². The lowest BCUT2D eigenvalue weighted by atomic mass is 10.3. The molecule has 0 radical (unpaired) electrons. The highest BCUT2D eigenvalue weighted by atomic mass is 32.2. The number of rotatable bonds is 4. The summed E-state index contributed by atoms with van der Waals surface area (Å²) in [5.74, 6) is 0.825. The molecule has 0 spiro atoms. The monoisotopic (exact) mass is 231 g/mol. The fourth-order valence-electron chi connectivity index (χ4n) is 1.41. The van der Waals surface area contributed by atoms with E-state index in [1.54, 1.807) is 17.8 Å². The van der Waals surface area contributed by atoms with Crippen LogP contribution >= 0.6 is 11.8 Å². The van der Waals surface area contributed by atoms with Crippen LogP contribution in [-0.2, 0) is 0 Å². The zero-order valence-electron chi connectivity index (χ0n) is 9.10. The summed E-state index contributed by atoms with van der Waals surface area (Å²) in [6, 6.07) is 7.87. The van der Waals surface area contributed by atoms with Gasteiger partial charge in [0.1, 0.15) is 5.03 Å². The molecule has 0 atom stereocenters. The van der Waals surface area contributed by atoms with Crippen molar-refractivity contribution in [3.63, 3.8) is 0 Å². The third-order valence-corrected chi connectivity index (χ3v) is 2.82. The van der Waals surface area contributed by atoms with E-state index in [0.717, 1.165) is 21.9 Å². The van der Waals surface area contributed by atoms with E-state index in [4.69, 9.17) is 0 Å². The Balaban J connectivity index is 2.49. The van der Waals surface area contributed by atoms with E-state index in [-0.39, 0.29) is 0 Å². The van der Waals surface area contributed by atoms with Gasteiger partial charge in [0.25, 0.3) is 0 Å². The van der Waals surface area contributed by atoms with Crippen LogP contribution < -0.4 is 5.32 Å². The van der Waals surface area contributed by atoms with Crippen LogP contribution in [0, 0.1) is 0 Å². The quantitative estimate of drug-likeness (QED) is 0.648. The SMILES string of the molecule is C=CCNc1nc2ccccc2nc1SC. The Hall–Kier alpha value is -1.55. The smallest absolute Gasteiger partial charge is 0.159 e. The molecular formula is C12H13N3S. The summed E-state index contributed by atoms with van der Waals surface area (Å²) >= 11 is 1.59. The molecule has 2 rings (SSSR count). The second-order valence-electron chi connectivity index (χ2n) is 3.24. The standard InChI is InChI=1S/C12H13N3S/c1-3-8-13-11-12(16-2)15-10-7-5-4-6-9(10)14-11/h3-7H,1,8H2,2H3,(H,13,14). The van der Waals surface area contributed by atoms with Crippen LogP contribution in [0.15, 0.2) is 41.9 Å². The zero-order chi connectivity index (χ0) is 11.4. The summed E-state index contributed by atoms with van der Waals surface area (Å²) in [6.45, 7) is 4.37. The molecule has 1 aromatic heterocycles. The normalized spacial score (nSPS) is 10.3. The molecule has 1 N–H and O–H groups in total. The predicted molar refractivity (Wildman–Crippen MR) is 70.0 cm³/mol. The van der Waals surface area contributed by atoms with Crippen molar-refractivity contribution in [1.82, 2.24) is 9.97 Å². The van der Waals surface area contributed by atoms with Crippen molar-refractivity contribution in [2.45, 2.75) is 5.03 Å². The van der Waals surface area contributed by atoms with Crippen LogP contribution in [0.5, 0.6) is 0 Å². The van der Waals surface area contributed by atoms with Crippen LogP contribution in [0.2, 0.25) is 0 Å². The molecule has 0 bridgehead atoms. The van der Waals surface area contributed by atoms with Crippen LogP contribution in [0.3, 0.4) is 0 Å². The molecule has 0 saturated heterocycles. The van der Waals surface area contributed by atoms with Crippen molar-refractivity contribution in [3.05, 3.63) is 36.9 Å².